The van der Waals surface area contributed by atoms with E-state index < -0.39 is 0 Å². The highest BCUT2D eigenvalue weighted by Gasteiger charge is 2.11. The van der Waals surface area contributed by atoms with Gasteiger partial charge in [0.15, 0.2) is 6.61 Å². The van der Waals surface area contributed by atoms with Crippen molar-refractivity contribution in [2.45, 2.75) is 32.2 Å². The van der Waals surface area contributed by atoms with E-state index in [1.807, 2.05) is 42.5 Å². The van der Waals surface area contributed by atoms with Crippen LogP contribution >= 0.6 is 23.2 Å². The number of rotatable bonds is 13. The summed E-state index contributed by atoms with van der Waals surface area (Å²) in [5.74, 6) is 2.21. The molecule has 0 unspecified atom stereocenters. The highest BCUT2D eigenvalue weighted by atomic mass is 35.5. The zero-order chi connectivity index (χ0) is 25.2. The average Bonchev–Trinajstić information content (AvgIpc) is 3.24. The zero-order valence-electron chi connectivity index (χ0n) is 20.0. The molecule has 0 spiro atoms. The van der Waals surface area contributed by atoms with Gasteiger partial charge in [-0.25, -0.2) is 4.98 Å². The number of carbonyl (C=O) groups excluding carboxylic acids is 1. The fourth-order valence-electron chi connectivity index (χ4n) is 3.92. The van der Waals surface area contributed by atoms with Crippen LogP contribution in [0.15, 0.2) is 72.8 Å². The van der Waals surface area contributed by atoms with E-state index in [4.69, 9.17) is 37.7 Å². The van der Waals surface area contributed by atoms with Crippen molar-refractivity contribution in [1.82, 2.24) is 14.9 Å². The monoisotopic (exact) mass is 525 g/mol. The molecule has 6 nitrogen and oxygen atoms in total. The predicted molar refractivity (Wildman–Crippen MR) is 144 cm³/mol. The number of nitrogens with one attached hydrogen (secondary N) is 1. The predicted octanol–water partition coefficient (Wildman–Crippen LogP) is 6.33. The molecule has 0 aliphatic heterocycles. The number of aryl methyl sites for hydroxylation is 1. The first-order chi connectivity index (χ1) is 17.6. The molecule has 0 saturated carbocycles. The molecule has 188 valence electrons. The fraction of sp³-hybridized carbons (Fsp3) is 0.286. The highest BCUT2D eigenvalue weighted by Crippen LogP contribution is 2.24. The topological polar surface area (TPSA) is 65.4 Å². The maximum atomic E-state index is 12.0. The van der Waals surface area contributed by atoms with E-state index in [9.17, 15) is 4.79 Å². The average molecular weight is 526 g/mol. The molecule has 0 atom stereocenters. The second-order valence-electron chi connectivity index (χ2n) is 8.35. The van der Waals surface area contributed by atoms with E-state index in [1.54, 1.807) is 24.3 Å². The summed E-state index contributed by atoms with van der Waals surface area (Å²) in [6.45, 7) is 1.79. The van der Waals surface area contributed by atoms with Crippen LogP contribution < -0.4 is 14.8 Å². The van der Waals surface area contributed by atoms with E-state index in [-0.39, 0.29) is 12.5 Å². The van der Waals surface area contributed by atoms with Crippen molar-refractivity contribution in [2.75, 3.05) is 19.8 Å². The molecule has 0 radical (unpaired) electrons. The Hall–Kier alpha value is -3.22. The van der Waals surface area contributed by atoms with Gasteiger partial charge in [0.1, 0.15) is 23.9 Å². The number of ether oxygens (including phenoxy) is 2. The molecule has 36 heavy (non-hydrogen) atoms. The number of halogens is 2. The number of benzene rings is 3. The van der Waals surface area contributed by atoms with E-state index >= 15 is 0 Å². The van der Waals surface area contributed by atoms with E-state index in [2.05, 4.69) is 16.0 Å². The Morgan fingerprint density at radius 3 is 2.50 bits per heavy atom. The van der Waals surface area contributed by atoms with Crippen molar-refractivity contribution in [2.24, 2.45) is 0 Å². The molecule has 4 aromatic rings. The molecular formula is C28H29Cl2N3O3. The minimum Gasteiger partial charge on any atom is -0.490 e. The summed E-state index contributed by atoms with van der Waals surface area (Å²) in [4.78, 5) is 16.9. The van der Waals surface area contributed by atoms with Gasteiger partial charge in [-0.2, -0.15) is 0 Å². The lowest BCUT2D eigenvalue weighted by Crippen LogP contribution is -2.29. The summed E-state index contributed by atoms with van der Waals surface area (Å²) < 4.78 is 13.6. The fourth-order valence-corrected chi connectivity index (χ4v) is 4.23. The van der Waals surface area contributed by atoms with Gasteiger partial charge < -0.3 is 19.4 Å². The minimum absolute atomic E-state index is 0.0120. The molecule has 0 aliphatic carbocycles. The summed E-state index contributed by atoms with van der Waals surface area (Å²) in [5, 5.41) is 4.15. The smallest absolute Gasteiger partial charge is 0.257 e. The van der Waals surface area contributed by atoms with Crippen molar-refractivity contribution < 1.29 is 14.3 Å². The molecule has 4 rings (SSSR count). The Kier molecular flexibility index (Phi) is 9.47. The van der Waals surface area contributed by atoms with E-state index in [1.165, 1.54) is 0 Å². The normalized spacial score (nSPS) is 10.9. The molecule has 0 aliphatic rings. The first kappa shape index (κ1) is 25.9. The van der Waals surface area contributed by atoms with Gasteiger partial charge in [0.2, 0.25) is 0 Å². The molecule has 0 bridgehead atoms. The van der Waals surface area contributed by atoms with Gasteiger partial charge in [-0.3, -0.25) is 4.79 Å². The summed E-state index contributed by atoms with van der Waals surface area (Å²) in [6, 6.07) is 22.6. The number of nitrogens with zero attached hydrogens (tertiary/aromatic N) is 2. The second kappa shape index (κ2) is 13.2. The van der Waals surface area contributed by atoms with Crippen molar-refractivity contribution in [3.05, 3.63) is 88.7 Å². The minimum atomic E-state index is -0.134. The van der Waals surface area contributed by atoms with Crippen molar-refractivity contribution in [3.63, 3.8) is 0 Å². The number of hydrogen-bond donors (Lipinski definition) is 1. The molecular weight excluding hydrogens is 497 g/mol. The standard InChI is InChI=1S/C28H29Cl2N3O3/c29-21-13-15-22(16-14-21)36-20-28(34)31-17-7-1-2-12-27-32-24-9-4-5-10-25(24)33(27)18-19-35-26-11-6-3-8-23(26)30/h3-6,8-11,13-16H,1-2,7,12,17-20H2,(H,31,34). The number of aromatic nitrogens is 2. The number of unbranched alkanes of at least 4 members (excludes halogenated alkanes) is 2. The molecule has 1 heterocycles. The lowest BCUT2D eigenvalue weighted by Gasteiger charge is -2.12. The van der Waals surface area contributed by atoms with Crippen LogP contribution in [0.5, 0.6) is 11.5 Å². The van der Waals surface area contributed by atoms with Crippen LogP contribution in [0.2, 0.25) is 10.0 Å². The SMILES string of the molecule is O=C(COc1ccc(Cl)cc1)NCCCCCc1nc2ccccc2n1CCOc1ccccc1Cl. The Morgan fingerprint density at radius 2 is 1.67 bits per heavy atom. The number of carbonyl (C=O) groups is 1. The summed E-state index contributed by atoms with van der Waals surface area (Å²) in [6.07, 6.45) is 3.71. The molecule has 0 saturated heterocycles. The van der Waals surface area contributed by atoms with Gasteiger partial charge in [0, 0.05) is 18.0 Å². The maximum Gasteiger partial charge on any atom is 0.257 e. The number of para-hydroxylation sites is 3. The van der Waals surface area contributed by atoms with Gasteiger partial charge in [-0.05, 0) is 61.4 Å². The second-order valence-corrected chi connectivity index (χ2v) is 9.19. The zero-order valence-corrected chi connectivity index (χ0v) is 21.5. The first-order valence-corrected chi connectivity index (χ1v) is 12.8. The van der Waals surface area contributed by atoms with Crippen molar-refractivity contribution in [1.29, 1.82) is 0 Å². The van der Waals surface area contributed by atoms with E-state index in [0.29, 0.717) is 41.2 Å². The van der Waals surface area contributed by atoms with Gasteiger partial charge in [0.25, 0.3) is 5.91 Å². The number of amides is 1. The van der Waals surface area contributed by atoms with Crippen molar-refractivity contribution in [3.8, 4) is 11.5 Å². The number of hydrogen-bond acceptors (Lipinski definition) is 4. The quantitative estimate of drug-likeness (QED) is 0.207. The third-order valence-electron chi connectivity index (χ3n) is 5.73. The van der Waals surface area contributed by atoms with Gasteiger partial charge >= 0.3 is 0 Å². The summed E-state index contributed by atoms with van der Waals surface area (Å²) in [7, 11) is 0. The molecule has 3 aromatic carbocycles. The van der Waals surface area contributed by atoms with Crippen LogP contribution in [-0.4, -0.2) is 35.2 Å². The molecule has 0 fully saturated rings. The molecule has 1 aromatic heterocycles. The largest absolute Gasteiger partial charge is 0.490 e. The van der Waals surface area contributed by atoms with Crippen LogP contribution in [0.1, 0.15) is 25.1 Å². The van der Waals surface area contributed by atoms with Gasteiger partial charge in [0.05, 0.1) is 22.6 Å². The molecule has 8 heteroatoms. The Bertz CT molecular complexity index is 1270. The molecule has 1 amide bonds. The van der Waals surface area contributed by atoms with Crippen molar-refractivity contribution >= 4 is 40.1 Å². The Morgan fingerprint density at radius 1 is 0.889 bits per heavy atom. The van der Waals surface area contributed by atoms with Crippen LogP contribution in [0.25, 0.3) is 11.0 Å². The van der Waals surface area contributed by atoms with Crippen LogP contribution in [-0.2, 0) is 17.8 Å². The Labute approximate surface area is 221 Å². The Balaban J connectivity index is 1.20. The van der Waals surface area contributed by atoms with Crippen LogP contribution in [0.4, 0.5) is 0 Å². The summed E-state index contributed by atoms with van der Waals surface area (Å²) in [5.41, 5.74) is 2.08. The third kappa shape index (κ3) is 7.39. The van der Waals surface area contributed by atoms with Crippen LogP contribution in [0, 0.1) is 0 Å². The number of imidazole rings is 1. The lowest BCUT2D eigenvalue weighted by atomic mass is 10.2. The number of fused-ring (bicyclic) bond motifs is 1. The lowest BCUT2D eigenvalue weighted by molar-refractivity contribution is -0.123. The van der Waals surface area contributed by atoms with Crippen LogP contribution in [0.3, 0.4) is 0 Å². The van der Waals surface area contributed by atoms with E-state index in [0.717, 1.165) is 42.5 Å². The summed E-state index contributed by atoms with van der Waals surface area (Å²) >= 11 is 12.1. The molecule has 1 N–H and O–H groups in total. The van der Waals surface area contributed by atoms with Gasteiger partial charge in [-0.15, -0.1) is 0 Å². The maximum absolute atomic E-state index is 12.0. The first-order valence-electron chi connectivity index (χ1n) is 12.1. The highest BCUT2D eigenvalue weighted by molar-refractivity contribution is 6.32. The third-order valence-corrected chi connectivity index (χ3v) is 6.29. The van der Waals surface area contributed by atoms with Gasteiger partial charge in [-0.1, -0.05) is 53.9 Å².